The van der Waals surface area contributed by atoms with Crippen LogP contribution in [0.4, 0.5) is 0 Å². The minimum Gasteiger partial charge on any atom is -0.469 e. The monoisotopic (exact) mass is 280 g/mol. The molecule has 0 radical (unpaired) electrons. The van der Waals surface area contributed by atoms with Crippen LogP contribution >= 0.6 is 0 Å². The summed E-state index contributed by atoms with van der Waals surface area (Å²) in [4.78, 5) is 23.9. The van der Waals surface area contributed by atoms with E-state index in [0.29, 0.717) is 6.42 Å². The number of ketones is 1. The number of rotatable bonds is 2. The summed E-state index contributed by atoms with van der Waals surface area (Å²) < 4.78 is 4.78. The molecule has 2 aromatic carbocycles. The first-order valence-corrected chi connectivity index (χ1v) is 6.98. The fourth-order valence-electron chi connectivity index (χ4n) is 2.85. The quantitative estimate of drug-likeness (QED) is 0.793. The Morgan fingerprint density at radius 2 is 1.81 bits per heavy atom. The molecule has 2 aromatic rings. The van der Waals surface area contributed by atoms with Gasteiger partial charge in [-0.15, -0.1) is 0 Å². The van der Waals surface area contributed by atoms with Crippen LogP contribution in [0.5, 0.6) is 0 Å². The number of ether oxygens (including phenoxy) is 1. The Bertz CT molecular complexity index is 689. The Morgan fingerprint density at radius 1 is 1.05 bits per heavy atom. The third-order valence-corrected chi connectivity index (χ3v) is 3.95. The number of esters is 1. The van der Waals surface area contributed by atoms with Gasteiger partial charge in [-0.25, -0.2) is 0 Å². The fraction of sp³-hybridized carbons (Fsp3) is 0.222. The average molecular weight is 280 g/mol. The highest BCUT2D eigenvalue weighted by atomic mass is 16.5. The van der Waals surface area contributed by atoms with Crippen LogP contribution in [0, 0.1) is 5.92 Å². The van der Waals surface area contributed by atoms with Gasteiger partial charge in [0.1, 0.15) is 0 Å². The van der Waals surface area contributed by atoms with E-state index in [4.69, 9.17) is 4.74 Å². The highest BCUT2D eigenvalue weighted by Gasteiger charge is 2.30. The number of Topliss-reactive ketones (excluding diaryl/α,β-unsaturated/α-hetero) is 1. The number of hydrogen-bond acceptors (Lipinski definition) is 3. The van der Waals surface area contributed by atoms with Crippen molar-refractivity contribution in [3.63, 3.8) is 0 Å². The lowest BCUT2D eigenvalue weighted by molar-refractivity contribution is -0.145. The Hall–Kier alpha value is -2.42. The maximum absolute atomic E-state index is 12.2. The van der Waals surface area contributed by atoms with Crippen LogP contribution in [-0.4, -0.2) is 18.9 Å². The number of carbonyl (C=O) groups excluding carboxylic acids is 2. The molecule has 1 unspecified atom stereocenters. The molecule has 3 rings (SSSR count). The smallest absolute Gasteiger partial charge is 0.309 e. The van der Waals surface area contributed by atoms with E-state index < -0.39 is 0 Å². The molecule has 0 fully saturated rings. The van der Waals surface area contributed by atoms with Crippen LogP contribution in [0.15, 0.2) is 48.5 Å². The second-order valence-electron chi connectivity index (χ2n) is 5.29. The highest BCUT2D eigenvalue weighted by molar-refractivity contribution is 6.01. The highest BCUT2D eigenvalue weighted by Crippen LogP contribution is 2.30. The third-order valence-electron chi connectivity index (χ3n) is 3.95. The largest absolute Gasteiger partial charge is 0.469 e. The van der Waals surface area contributed by atoms with Gasteiger partial charge in [0.05, 0.1) is 13.0 Å². The van der Waals surface area contributed by atoms with Crippen molar-refractivity contribution in [1.82, 2.24) is 0 Å². The molecule has 106 valence electrons. The predicted molar refractivity (Wildman–Crippen MR) is 80.0 cm³/mol. The van der Waals surface area contributed by atoms with E-state index >= 15 is 0 Å². The maximum Gasteiger partial charge on any atom is 0.309 e. The van der Waals surface area contributed by atoms with Crippen molar-refractivity contribution in [3.8, 4) is 11.1 Å². The number of hydrogen-bond donors (Lipinski definition) is 0. The van der Waals surface area contributed by atoms with Gasteiger partial charge in [0.15, 0.2) is 5.78 Å². The summed E-state index contributed by atoms with van der Waals surface area (Å²) in [6.45, 7) is 0. The molecular weight excluding hydrogens is 264 g/mol. The molecule has 0 N–H and O–H groups in total. The molecule has 0 spiro atoms. The van der Waals surface area contributed by atoms with Crippen LogP contribution in [-0.2, 0) is 16.0 Å². The van der Waals surface area contributed by atoms with Gasteiger partial charge in [0.25, 0.3) is 0 Å². The van der Waals surface area contributed by atoms with E-state index in [1.165, 1.54) is 7.11 Å². The lowest BCUT2D eigenvalue weighted by atomic mass is 9.82. The average Bonchev–Trinajstić information content (AvgIpc) is 2.54. The number of benzene rings is 2. The van der Waals surface area contributed by atoms with E-state index in [-0.39, 0.29) is 24.1 Å². The summed E-state index contributed by atoms with van der Waals surface area (Å²) >= 11 is 0. The van der Waals surface area contributed by atoms with Gasteiger partial charge in [0.2, 0.25) is 0 Å². The third kappa shape index (κ3) is 2.59. The number of methoxy groups -OCH3 is 1. The van der Waals surface area contributed by atoms with Crippen LogP contribution in [0.2, 0.25) is 0 Å². The Kier molecular flexibility index (Phi) is 3.57. The standard InChI is InChI=1S/C18H16O3/c1-21-18(20)15-10-14-9-13(12-5-3-2-4-6-12)7-8-16(14)17(19)11-15/h2-9,15H,10-11H2,1H3. The second kappa shape index (κ2) is 5.52. The normalized spacial score (nSPS) is 17.2. The first-order valence-electron chi connectivity index (χ1n) is 6.98. The van der Waals surface area contributed by atoms with Gasteiger partial charge in [-0.3, -0.25) is 9.59 Å². The van der Waals surface area contributed by atoms with Gasteiger partial charge in [0, 0.05) is 12.0 Å². The van der Waals surface area contributed by atoms with Gasteiger partial charge < -0.3 is 4.74 Å². The minimum absolute atomic E-state index is 0.0197. The lowest BCUT2D eigenvalue weighted by Gasteiger charge is -2.22. The van der Waals surface area contributed by atoms with Crippen molar-refractivity contribution >= 4 is 11.8 Å². The first-order chi connectivity index (χ1) is 10.2. The van der Waals surface area contributed by atoms with Crippen molar-refractivity contribution in [3.05, 3.63) is 59.7 Å². The van der Waals surface area contributed by atoms with E-state index in [2.05, 4.69) is 0 Å². The Morgan fingerprint density at radius 3 is 2.52 bits per heavy atom. The first kappa shape index (κ1) is 13.6. The summed E-state index contributed by atoms with van der Waals surface area (Å²) in [5.41, 5.74) is 3.83. The molecule has 21 heavy (non-hydrogen) atoms. The van der Waals surface area contributed by atoms with Crippen LogP contribution < -0.4 is 0 Å². The molecule has 1 aliphatic rings. The molecular formula is C18H16O3. The Labute approximate surface area is 123 Å². The van der Waals surface area contributed by atoms with E-state index in [1.807, 2.05) is 48.5 Å². The van der Waals surface area contributed by atoms with Crippen LogP contribution in [0.3, 0.4) is 0 Å². The molecule has 3 heteroatoms. The second-order valence-corrected chi connectivity index (χ2v) is 5.29. The molecule has 0 saturated carbocycles. The van der Waals surface area contributed by atoms with Crippen molar-refractivity contribution in [2.45, 2.75) is 12.8 Å². The van der Waals surface area contributed by atoms with E-state index in [9.17, 15) is 9.59 Å². The Balaban J connectivity index is 1.98. The number of fused-ring (bicyclic) bond motifs is 1. The lowest BCUT2D eigenvalue weighted by Crippen LogP contribution is -2.27. The van der Waals surface area contributed by atoms with Crippen molar-refractivity contribution < 1.29 is 14.3 Å². The van der Waals surface area contributed by atoms with E-state index in [1.54, 1.807) is 0 Å². The predicted octanol–water partition coefficient (Wildman–Crippen LogP) is 3.27. The fourth-order valence-corrected chi connectivity index (χ4v) is 2.85. The van der Waals surface area contributed by atoms with Crippen LogP contribution in [0.1, 0.15) is 22.3 Å². The van der Waals surface area contributed by atoms with Crippen molar-refractivity contribution in [1.29, 1.82) is 0 Å². The topological polar surface area (TPSA) is 43.4 Å². The van der Waals surface area contributed by atoms with Gasteiger partial charge in [-0.05, 0) is 23.1 Å². The zero-order valence-corrected chi connectivity index (χ0v) is 11.8. The molecule has 0 saturated heterocycles. The molecule has 0 bridgehead atoms. The van der Waals surface area contributed by atoms with Crippen molar-refractivity contribution in [2.75, 3.05) is 7.11 Å². The molecule has 1 atom stereocenters. The van der Waals surface area contributed by atoms with Gasteiger partial charge in [-0.1, -0.05) is 48.5 Å². The summed E-state index contributed by atoms with van der Waals surface area (Å²) in [6, 6.07) is 15.8. The SMILES string of the molecule is COC(=O)C1CC(=O)c2ccc(-c3ccccc3)cc2C1. The molecule has 0 aromatic heterocycles. The molecule has 1 aliphatic carbocycles. The zero-order valence-electron chi connectivity index (χ0n) is 11.8. The zero-order chi connectivity index (χ0) is 14.8. The summed E-state index contributed by atoms with van der Waals surface area (Å²) in [7, 11) is 1.36. The maximum atomic E-state index is 12.2. The van der Waals surface area contributed by atoms with Crippen molar-refractivity contribution in [2.24, 2.45) is 5.92 Å². The summed E-state index contributed by atoms with van der Waals surface area (Å²) in [5, 5.41) is 0. The molecule has 0 aliphatic heterocycles. The van der Waals surface area contributed by atoms with E-state index in [0.717, 1.165) is 22.3 Å². The molecule has 3 nitrogen and oxygen atoms in total. The van der Waals surface area contributed by atoms with Crippen LogP contribution in [0.25, 0.3) is 11.1 Å². The summed E-state index contributed by atoms with van der Waals surface area (Å²) in [5.74, 6) is -0.647. The minimum atomic E-state index is -0.360. The molecule has 0 heterocycles. The number of carbonyl (C=O) groups is 2. The van der Waals surface area contributed by atoms with Gasteiger partial charge in [-0.2, -0.15) is 0 Å². The molecule has 0 amide bonds. The van der Waals surface area contributed by atoms with Gasteiger partial charge >= 0.3 is 5.97 Å². The summed E-state index contributed by atoms with van der Waals surface area (Å²) in [6.07, 6.45) is 0.804.